The molecule has 27 heavy (non-hydrogen) atoms. The van der Waals surface area contributed by atoms with Crippen molar-refractivity contribution in [3.63, 3.8) is 0 Å². The van der Waals surface area contributed by atoms with Gasteiger partial charge >= 0.3 is 0 Å². The number of fused-ring (bicyclic) bond motifs is 1. The van der Waals surface area contributed by atoms with Crippen LogP contribution in [0.1, 0.15) is 55.5 Å². The summed E-state index contributed by atoms with van der Waals surface area (Å²) in [6, 6.07) is 5.33. The zero-order valence-electron chi connectivity index (χ0n) is 16.0. The van der Waals surface area contributed by atoms with Gasteiger partial charge in [-0.2, -0.15) is 0 Å². The lowest BCUT2D eigenvalue weighted by Crippen LogP contribution is -2.52. The lowest BCUT2D eigenvalue weighted by atomic mass is 9.86. The minimum absolute atomic E-state index is 0.0987. The molecule has 3 heterocycles. The highest BCUT2D eigenvalue weighted by Gasteiger charge is 2.40. The van der Waals surface area contributed by atoms with Gasteiger partial charge in [-0.3, -0.25) is 19.7 Å². The summed E-state index contributed by atoms with van der Waals surface area (Å²) in [6.07, 6.45) is 3.03. The van der Waals surface area contributed by atoms with E-state index in [2.05, 4.69) is 30.1 Å². The highest BCUT2D eigenvalue weighted by molar-refractivity contribution is 6.06. The predicted molar refractivity (Wildman–Crippen MR) is 102 cm³/mol. The molecule has 0 aliphatic carbocycles. The van der Waals surface area contributed by atoms with Gasteiger partial charge in [-0.1, -0.05) is 19.9 Å². The van der Waals surface area contributed by atoms with Crippen LogP contribution in [0, 0.1) is 11.8 Å². The SMILES string of the molecule is CC(C)C1CCN(c2cccc3c2CN(C2CCC(=O)NC2=O)C3=O)CC1. The average molecular weight is 369 g/mol. The second kappa shape index (κ2) is 6.98. The molecule has 144 valence electrons. The zero-order valence-corrected chi connectivity index (χ0v) is 16.0. The number of nitrogens with zero attached hydrogens (tertiary/aromatic N) is 2. The van der Waals surface area contributed by atoms with Gasteiger partial charge in [-0.25, -0.2) is 0 Å². The van der Waals surface area contributed by atoms with Gasteiger partial charge in [0.15, 0.2) is 0 Å². The third-order valence-corrected chi connectivity index (χ3v) is 6.38. The van der Waals surface area contributed by atoms with E-state index >= 15 is 0 Å². The molecule has 1 aromatic carbocycles. The lowest BCUT2D eigenvalue weighted by Gasteiger charge is -2.36. The Bertz CT molecular complexity index is 781. The summed E-state index contributed by atoms with van der Waals surface area (Å²) in [5.74, 6) is 0.761. The van der Waals surface area contributed by atoms with Crippen LogP contribution in [0.2, 0.25) is 0 Å². The van der Waals surface area contributed by atoms with Gasteiger partial charge in [0.2, 0.25) is 11.8 Å². The molecule has 0 bridgehead atoms. The number of carbonyl (C=O) groups is 3. The second-order valence-electron chi connectivity index (χ2n) is 8.27. The average Bonchev–Trinajstić information content (AvgIpc) is 2.98. The van der Waals surface area contributed by atoms with E-state index in [1.807, 2.05) is 12.1 Å². The Kier molecular flexibility index (Phi) is 4.66. The number of carbonyl (C=O) groups excluding carboxylic acids is 3. The van der Waals surface area contributed by atoms with Crippen molar-refractivity contribution in [2.75, 3.05) is 18.0 Å². The van der Waals surface area contributed by atoms with E-state index in [9.17, 15) is 14.4 Å². The first-order valence-electron chi connectivity index (χ1n) is 9.97. The molecule has 0 aromatic heterocycles. The van der Waals surface area contributed by atoms with Gasteiger partial charge in [-0.15, -0.1) is 0 Å². The quantitative estimate of drug-likeness (QED) is 0.830. The Morgan fingerprint density at radius 2 is 1.81 bits per heavy atom. The Balaban J connectivity index is 1.55. The first-order valence-corrected chi connectivity index (χ1v) is 9.97. The van der Waals surface area contributed by atoms with Gasteiger partial charge in [0.1, 0.15) is 6.04 Å². The van der Waals surface area contributed by atoms with Crippen molar-refractivity contribution in [2.24, 2.45) is 11.8 Å². The summed E-state index contributed by atoms with van der Waals surface area (Å²) in [5, 5.41) is 2.36. The lowest BCUT2D eigenvalue weighted by molar-refractivity contribution is -0.136. The molecule has 0 radical (unpaired) electrons. The van der Waals surface area contributed by atoms with Crippen molar-refractivity contribution in [1.29, 1.82) is 0 Å². The molecule has 2 fully saturated rings. The Labute approximate surface area is 159 Å². The molecule has 3 aliphatic heterocycles. The van der Waals surface area contributed by atoms with Gasteiger partial charge in [0.25, 0.3) is 5.91 Å². The first kappa shape index (κ1) is 18.0. The molecule has 1 atom stereocenters. The molecule has 0 saturated carbocycles. The van der Waals surface area contributed by atoms with E-state index in [-0.39, 0.29) is 24.1 Å². The largest absolute Gasteiger partial charge is 0.371 e. The third-order valence-electron chi connectivity index (χ3n) is 6.38. The fourth-order valence-corrected chi connectivity index (χ4v) is 4.67. The van der Waals surface area contributed by atoms with Crippen LogP contribution < -0.4 is 10.2 Å². The van der Waals surface area contributed by atoms with Crippen LogP contribution in [-0.2, 0) is 16.1 Å². The smallest absolute Gasteiger partial charge is 0.255 e. The van der Waals surface area contributed by atoms with Crippen molar-refractivity contribution in [3.05, 3.63) is 29.3 Å². The minimum atomic E-state index is -0.554. The van der Waals surface area contributed by atoms with Crippen LogP contribution in [0.3, 0.4) is 0 Å². The highest BCUT2D eigenvalue weighted by Crippen LogP contribution is 2.36. The summed E-state index contributed by atoms with van der Waals surface area (Å²) in [4.78, 5) is 40.6. The molecular weight excluding hydrogens is 342 g/mol. The number of rotatable bonds is 3. The van der Waals surface area contributed by atoms with Crippen molar-refractivity contribution in [1.82, 2.24) is 10.2 Å². The van der Waals surface area contributed by atoms with Crippen LogP contribution in [0.4, 0.5) is 5.69 Å². The van der Waals surface area contributed by atoms with Crippen LogP contribution in [0.5, 0.6) is 0 Å². The van der Waals surface area contributed by atoms with Gasteiger partial charge < -0.3 is 9.80 Å². The van der Waals surface area contributed by atoms with Crippen molar-refractivity contribution in [2.45, 2.75) is 52.1 Å². The number of nitrogens with one attached hydrogen (secondary N) is 1. The molecule has 1 N–H and O–H groups in total. The van der Waals surface area contributed by atoms with E-state index in [0.717, 1.165) is 30.3 Å². The third kappa shape index (κ3) is 3.22. The summed E-state index contributed by atoms with van der Waals surface area (Å²) in [6.45, 7) is 7.03. The van der Waals surface area contributed by atoms with Crippen molar-refractivity contribution < 1.29 is 14.4 Å². The molecule has 1 aromatic rings. The van der Waals surface area contributed by atoms with Gasteiger partial charge in [0, 0.05) is 42.9 Å². The number of hydrogen-bond acceptors (Lipinski definition) is 4. The summed E-state index contributed by atoms with van der Waals surface area (Å²) < 4.78 is 0. The number of imide groups is 1. The molecule has 3 aliphatic rings. The molecule has 3 amide bonds. The topological polar surface area (TPSA) is 69.7 Å². The fourth-order valence-electron chi connectivity index (χ4n) is 4.67. The van der Waals surface area contributed by atoms with Gasteiger partial charge in [0.05, 0.1) is 0 Å². The second-order valence-corrected chi connectivity index (χ2v) is 8.27. The van der Waals surface area contributed by atoms with E-state index in [4.69, 9.17) is 0 Å². The Hall–Kier alpha value is -2.37. The Morgan fingerprint density at radius 1 is 1.07 bits per heavy atom. The van der Waals surface area contributed by atoms with Gasteiger partial charge in [-0.05, 0) is 43.2 Å². The summed E-state index contributed by atoms with van der Waals surface area (Å²) >= 11 is 0. The molecule has 6 nitrogen and oxygen atoms in total. The number of benzene rings is 1. The van der Waals surface area contributed by atoms with Crippen LogP contribution in [0.25, 0.3) is 0 Å². The highest BCUT2D eigenvalue weighted by atomic mass is 16.2. The zero-order chi connectivity index (χ0) is 19.1. The van der Waals surface area contributed by atoms with Crippen LogP contribution >= 0.6 is 0 Å². The van der Waals surface area contributed by atoms with E-state index in [0.29, 0.717) is 24.4 Å². The molecule has 6 heteroatoms. The monoisotopic (exact) mass is 369 g/mol. The van der Waals surface area contributed by atoms with E-state index in [1.165, 1.54) is 12.8 Å². The number of amides is 3. The predicted octanol–water partition coefficient (Wildman–Crippen LogP) is 2.32. The van der Waals surface area contributed by atoms with E-state index in [1.54, 1.807) is 4.90 Å². The van der Waals surface area contributed by atoms with Crippen LogP contribution in [0.15, 0.2) is 18.2 Å². The molecule has 1 unspecified atom stereocenters. The molecular formula is C21H27N3O3. The van der Waals surface area contributed by atoms with Crippen molar-refractivity contribution in [3.8, 4) is 0 Å². The molecule has 4 rings (SSSR count). The molecule has 2 saturated heterocycles. The summed E-state index contributed by atoms with van der Waals surface area (Å²) in [5.41, 5.74) is 2.84. The fraction of sp³-hybridized carbons (Fsp3) is 0.571. The van der Waals surface area contributed by atoms with Crippen LogP contribution in [-0.4, -0.2) is 41.8 Å². The number of hydrogen-bond donors (Lipinski definition) is 1. The number of piperidine rings is 2. The van der Waals surface area contributed by atoms with Crippen molar-refractivity contribution >= 4 is 23.4 Å². The normalized spacial score (nSPS) is 23.8. The number of anilines is 1. The standard InChI is InChI=1S/C21H27N3O3/c1-13(2)14-8-10-23(11-9-14)17-5-3-4-15-16(17)12-24(21(15)27)18-6-7-19(25)22-20(18)26/h3-5,13-14,18H,6-12H2,1-2H3,(H,22,25,26). The summed E-state index contributed by atoms with van der Waals surface area (Å²) in [7, 11) is 0. The first-order chi connectivity index (χ1) is 13.0. The molecule has 0 spiro atoms. The minimum Gasteiger partial charge on any atom is -0.371 e. The maximum Gasteiger partial charge on any atom is 0.255 e. The Morgan fingerprint density at radius 3 is 2.48 bits per heavy atom. The maximum atomic E-state index is 12.9. The van der Waals surface area contributed by atoms with E-state index < -0.39 is 6.04 Å². The maximum absolute atomic E-state index is 12.9.